The van der Waals surface area contributed by atoms with Gasteiger partial charge in [0.05, 0.1) is 13.2 Å². The average molecular weight is 428 g/mol. The number of carbonyl (C=O) groups excluding carboxylic acids is 1. The second kappa shape index (κ2) is 11.0. The molecule has 2 N–H and O–H groups in total. The zero-order chi connectivity index (χ0) is 22.2. The largest absolute Gasteiger partial charge is 0.504 e. The van der Waals surface area contributed by atoms with Crippen LogP contribution in [0.2, 0.25) is 0 Å². The number of phenols is 1. The van der Waals surface area contributed by atoms with Crippen LogP contribution in [0.15, 0.2) is 36.7 Å². The summed E-state index contributed by atoms with van der Waals surface area (Å²) < 4.78 is 11.3. The number of carbonyl (C=O) groups is 1. The Morgan fingerprint density at radius 2 is 1.90 bits per heavy atom. The second-order valence-electron chi connectivity index (χ2n) is 8.49. The Hall–Kier alpha value is -2.80. The Balaban J connectivity index is 1.65. The summed E-state index contributed by atoms with van der Waals surface area (Å²) in [5.74, 6) is 1.22. The number of nitrogens with zero attached hydrogens (tertiary/aromatic N) is 2. The van der Waals surface area contributed by atoms with Gasteiger partial charge in [-0.1, -0.05) is 20.8 Å². The number of hydrogen-bond donors (Lipinski definition) is 2. The summed E-state index contributed by atoms with van der Waals surface area (Å²) in [6.07, 6.45) is 4.30. The van der Waals surface area contributed by atoms with Gasteiger partial charge in [-0.2, -0.15) is 0 Å². The van der Waals surface area contributed by atoms with Crippen molar-refractivity contribution in [2.24, 2.45) is 11.8 Å². The van der Waals surface area contributed by atoms with E-state index in [1.807, 2.05) is 30.0 Å². The van der Waals surface area contributed by atoms with Gasteiger partial charge in [-0.25, -0.2) is 0 Å². The van der Waals surface area contributed by atoms with E-state index in [2.05, 4.69) is 24.1 Å². The molecule has 1 aliphatic rings. The average Bonchev–Trinajstić information content (AvgIpc) is 2.99. The molecule has 0 aliphatic carbocycles. The maximum atomic E-state index is 13.2. The van der Waals surface area contributed by atoms with Gasteiger partial charge in [0.2, 0.25) is 11.7 Å². The third-order valence-corrected chi connectivity index (χ3v) is 5.11. The zero-order valence-corrected chi connectivity index (χ0v) is 18.6. The van der Waals surface area contributed by atoms with E-state index in [4.69, 9.17) is 9.47 Å². The molecule has 31 heavy (non-hydrogen) atoms. The van der Waals surface area contributed by atoms with Gasteiger partial charge in [0.25, 0.3) is 0 Å². The molecule has 2 heterocycles. The highest BCUT2D eigenvalue weighted by atomic mass is 16.5. The highest BCUT2D eigenvalue weighted by Crippen LogP contribution is 2.39. The lowest BCUT2D eigenvalue weighted by atomic mass is 10.1. The van der Waals surface area contributed by atoms with E-state index in [0.717, 1.165) is 17.5 Å². The summed E-state index contributed by atoms with van der Waals surface area (Å²) >= 11 is 0. The van der Waals surface area contributed by atoms with Gasteiger partial charge in [-0.3, -0.25) is 9.78 Å². The van der Waals surface area contributed by atoms with Crippen molar-refractivity contribution >= 4 is 5.91 Å². The highest BCUT2D eigenvalue weighted by Gasteiger charge is 2.23. The number of amides is 1. The van der Waals surface area contributed by atoms with Crippen molar-refractivity contribution in [1.29, 1.82) is 0 Å². The molecule has 1 atom stereocenters. The van der Waals surface area contributed by atoms with Crippen LogP contribution in [0.4, 0.5) is 0 Å². The maximum Gasteiger partial charge on any atom is 0.226 e. The standard InChI is InChI=1S/C24H33N3O4/c1-17(2)15-27(24(29)18(3)13-26-14-19-5-7-25-8-6-19)16-20-11-21(28)23-22(12-20)30-9-4-10-31-23/h5-8,11-12,17-18,26,28H,4,9-10,13-16H2,1-3H3. The molecule has 7 nitrogen and oxygen atoms in total. The molecule has 0 radical (unpaired) electrons. The summed E-state index contributed by atoms with van der Waals surface area (Å²) in [5, 5.41) is 13.8. The number of nitrogens with one attached hydrogen (secondary N) is 1. The first-order valence-electron chi connectivity index (χ1n) is 10.9. The fourth-order valence-electron chi connectivity index (χ4n) is 3.63. The number of fused-ring (bicyclic) bond motifs is 1. The predicted molar refractivity (Wildman–Crippen MR) is 119 cm³/mol. The molecule has 1 amide bonds. The lowest BCUT2D eigenvalue weighted by molar-refractivity contribution is -0.136. The molecular formula is C24H33N3O4. The summed E-state index contributed by atoms with van der Waals surface area (Å²) in [6.45, 7) is 9.53. The number of benzene rings is 1. The van der Waals surface area contributed by atoms with E-state index in [1.165, 1.54) is 0 Å². The Morgan fingerprint density at radius 1 is 1.16 bits per heavy atom. The Morgan fingerprint density at radius 3 is 2.65 bits per heavy atom. The number of rotatable bonds is 9. The van der Waals surface area contributed by atoms with Crippen LogP contribution in [-0.4, -0.2) is 47.2 Å². The molecule has 1 aliphatic heterocycles. The van der Waals surface area contributed by atoms with Gasteiger partial charge >= 0.3 is 0 Å². The van der Waals surface area contributed by atoms with Crippen molar-refractivity contribution in [3.63, 3.8) is 0 Å². The number of ether oxygens (including phenoxy) is 2. The summed E-state index contributed by atoms with van der Waals surface area (Å²) in [4.78, 5) is 19.1. The van der Waals surface area contributed by atoms with Crippen molar-refractivity contribution in [2.45, 2.75) is 40.3 Å². The topological polar surface area (TPSA) is 83.9 Å². The number of aromatic hydroxyl groups is 1. The molecule has 1 aromatic heterocycles. The van der Waals surface area contributed by atoms with Gasteiger partial charge in [0, 0.05) is 50.9 Å². The van der Waals surface area contributed by atoms with E-state index in [-0.39, 0.29) is 17.6 Å². The van der Waals surface area contributed by atoms with Crippen LogP contribution >= 0.6 is 0 Å². The SMILES string of the molecule is CC(C)CN(Cc1cc(O)c2c(c1)OCCCO2)C(=O)C(C)CNCc1ccncc1. The van der Waals surface area contributed by atoms with Crippen LogP contribution in [0, 0.1) is 11.8 Å². The van der Waals surface area contributed by atoms with Crippen molar-refractivity contribution < 1.29 is 19.4 Å². The van der Waals surface area contributed by atoms with Crippen molar-refractivity contribution in [3.05, 3.63) is 47.8 Å². The summed E-state index contributed by atoms with van der Waals surface area (Å²) in [6, 6.07) is 7.45. The first-order valence-corrected chi connectivity index (χ1v) is 10.9. The molecule has 0 saturated carbocycles. The summed E-state index contributed by atoms with van der Waals surface area (Å²) in [7, 11) is 0. The monoisotopic (exact) mass is 427 g/mol. The summed E-state index contributed by atoms with van der Waals surface area (Å²) in [5.41, 5.74) is 1.96. The minimum absolute atomic E-state index is 0.0541. The van der Waals surface area contributed by atoms with Gasteiger partial charge in [-0.05, 0) is 41.3 Å². The Bertz CT molecular complexity index is 857. The van der Waals surface area contributed by atoms with Crippen LogP contribution < -0.4 is 14.8 Å². The molecule has 1 aromatic carbocycles. The van der Waals surface area contributed by atoms with E-state index >= 15 is 0 Å². The van der Waals surface area contributed by atoms with Gasteiger partial charge in [0.15, 0.2) is 11.5 Å². The number of pyridine rings is 1. The third-order valence-electron chi connectivity index (χ3n) is 5.11. The lowest BCUT2D eigenvalue weighted by Crippen LogP contribution is -2.40. The molecule has 7 heteroatoms. The minimum Gasteiger partial charge on any atom is -0.504 e. The van der Waals surface area contributed by atoms with Crippen molar-refractivity contribution in [3.8, 4) is 17.2 Å². The molecular weight excluding hydrogens is 394 g/mol. The number of aromatic nitrogens is 1. The first-order chi connectivity index (χ1) is 14.9. The third kappa shape index (κ3) is 6.59. The molecule has 0 bridgehead atoms. The highest BCUT2D eigenvalue weighted by molar-refractivity contribution is 5.78. The van der Waals surface area contributed by atoms with Crippen LogP contribution in [0.5, 0.6) is 17.2 Å². The maximum absolute atomic E-state index is 13.2. The molecule has 1 unspecified atom stereocenters. The molecule has 0 spiro atoms. The number of hydrogen-bond acceptors (Lipinski definition) is 6. The van der Waals surface area contributed by atoms with Gasteiger partial charge in [0.1, 0.15) is 0 Å². The molecule has 2 aromatic rings. The van der Waals surface area contributed by atoms with Gasteiger partial charge in [-0.15, -0.1) is 0 Å². The van der Waals surface area contributed by atoms with Gasteiger partial charge < -0.3 is 24.8 Å². The predicted octanol–water partition coefficient (Wildman–Crippen LogP) is 3.36. The number of phenolic OH excluding ortho intramolecular Hbond substituents is 1. The minimum atomic E-state index is -0.172. The van der Waals surface area contributed by atoms with E-state index < -0.39 is 0 Å². The molecule has 0 saturated heterocycles. The fraction of sp³-hybridized carbons (Fsp3) is 0.500. The van der Waals surface area contributed by atoms with Crippen molar-refractivity contribution in [2.75, 3.05) is 26.3 Å². The van der Waals surface area contributed by atoms with E-state index in [0.29, 0.717) is 56.8 Å². The van der Waals surface area contributed by atoms with E-state index in [9.17, 15) is 9.90 Å². The van der Waals surface area contributed by atoms with Crippen molar-refractivity contribution in [1.82, 2.24) is 15.2 Å². The van der Waals surface area contributed by atoms with Crippen LogP contribution in [0.1, 0.15) is 38.3 Å². The van der Waals surface area contributed by atoms with Crippen LogP contribution in [-0.2, 0) is 17.9 Å². The molecule has 0 fully saturated rings. The Kier molecular flexibility index (Phi) is 8.12. The van der Waals surface area contributed by atoms with Crippen LogP contribution in [0.25, 0.3) is 0 Å². The van der Waals surface area contributed by atoms with E-state index in [1.54, 1.807) is 18.5 Å². The smallest absolute Gasteiger partial charge is 0.226 e. The lowest BCUT2D eigenvalue weighted by Gasteiger charge is -2.28. The molecule has 3 rings (SSSR count). The van der Waals surface area contributed by atoms with Crippen LogP contribution in [0.3, 0.4) is 0 Å². The normalized spacial score (nSPS) is 14.2. The fourth-order valence-corrected chi connectivity index (χ4v) is 3.63. The molecule has 168 valence electrons. The second-order valence-corrected chi connectivity index (χ2v) is 8.49. The quantitative estimate of drug-likeness (QED) is 0.638. The first kappa shape index (κ1) is 22.9. The zero-order valence-electron chi connectivity index (χ0n) is 18.6. The Labute approximate surface area is 184 Å².